The van der Waals surface area contributed by atoms with Crippen LogP contribution in [0, 0.1) is 14.9 Å². The number of carbonyl (C=O) groups is 1. The van der Waals surface area contributed by atoms with Crippen LogP contribution in [0.15, 0.2) is 71.7 Å². The van der Waals surface area contributed by atoms with Gasteiger partial charge >= 0.3 is 0 Å². The number of anilines is 1. The minimum atomic E-state index is -0.115. The van der Waals surface area contributed by atoms with E-state index in [0.717, 1.165) is 50.2 Å². The number of nitrogens with zero attached hydrogens (tertiary/aromatic N) is 1. The molecule has 0 aliphatic heterocycles. The maximum atomic E-state index is 13.6. The minimum Gasteiger partial charge on any atom is -0.493 e. The fourth-order valence-electron chi connectivity index (χ4n) is 5.20. The van der Waals surface area contributed by atoms with E-state index >= 15 is 0 Å². The van der Waals surface area contributed by atoms with E-state index in [2.05, 4.69) is 48.7 Å². The number of fused-ring (bicyclic) bond motifs is 1. The zero-order valence-electron chi connectivity index (χ0n) is 24.2. The summed E-state index contributed by atoms with van der Waals surface area (Å²) >= 11 is 10.2. The smallest absolute Gasteiger partial charge is 0.259 e. The standard InChI is InChI=1S/C34H34ClIN2O3S/c1-34(2,3)23-14-15-25-29(18-23)42-33(30(25)32(39)38-24-11-6-5-7-12-24)37-19-21-16-27(36)31(28(17-21)40-4)41-20-22-10-8-9-13-26(22)35/h5-13,16-17,19,23H,14-15,18,20H2,1-4H3,(H,38,39)/t23-/m1/s1. The van der Waals surface area contributed by atoms with Gasteiger partial charge in [-0.15, -0.1) is 11.3 Å². The van der Waals surface area contributed by atoms with Crippen LogP contribution < -0.4 is 14.8 Å². The number of nitrogens with one attached hydrogen (secondary N) is 1. The topological polar surface area (TPSA) is 59.9 Å². The molecule has 1 atom stereocenters. The highest BCUT2D eigenvalue weighted by Crippen LogP contribution is 2.45. The van der Waals surface area contributed by atoms with Gasteiger partial charge < -0.3 is 14.8 Å². The molecule has 0 radical (unpaired) electrons. The van der Waals surface area contributed by atoms with Crippen molar-refractivity contribution in [2.45, 2.75) is 46.6 Å². The first kappa shape index (κ1) is 30.6. The summed E-state index contributed by atoms with van der Waals surface area (Å²) in [7, 11) is 1.62. The number of para-hydroxylation sites is 1. The minimum absolute atomic E-state index is 0.115. The summed E-state index contributed by atoms with van der Waals surface area (Å²) in [5.41, 5.74) is 4.56. The molecule has 0 fully saturated rings. The molecular weight excluding hydrogens is 679 g/mol. The molecule has 0 saturated heterocycles. The van der Waals surface area contributed by atoms with Crippen LogP contribution in [0.3, 0.4) is 0 Å². The highest BCUT2D eigenvalue weighted by Gasteiger charge is 2.33. The maximum Gasteiger partial charge on any atom is 0.259 e. The predicted molar refractivity (Wildman–Crippen MR) is 182 cm³/mol. The zero-order chi connectivity index (χ0) is 29.9. The fourth-order valence-corrected chi connectivity index (χ4v) is 7.44. The van der Waals surface area contributed by atoms with Gasteiger partial charge in [0, 0.05) is 27.4 Å². The van der Waals surface area contributed by atoms with Crippen LogP contribution in [0.4, 0.5) is 10.7 Å². The van der Waals surface area contributed by atoms with E-state index in [0.29, 0.717) is 34.6 Å². The Labute approximate surface area is 270 Å². The number of ether oxygens (including phenoxy) is 2. The van der Waals surface area contributed by atoms with Gasteiger partial charge in [0.15, 0.2) is 11.5 Å². The molecule has 1 amide bonds. The van der Waals surface area contributed by atoms with Crippen molar-refractivity contribution in [1.29, 1.82) is 0 Å². The maximum absolute atomic E-state index is 13.6. The van der Waals surface area contributed by atoms with Crippen LogP contribution in [0.25, 0.3) is 0 Å². The molecule has 218 valence electrons. The van der Waals surface area contributed by atoms with Gasteiger partial charge in [0.2, 0.25) is 0 Å². The van der Waals surface area contributed by atoms with Crippen molar-refractivity contribution in [3.8, 4) is 11.5 Å². The summed E-state index contributed by atoms with van der Waals surface area (Å²) in [4.78, 5) is 19.8. The van der Waals surface area contributed by atoms with Crippen LogP contribution >= 0.6 is 45.5 Å². The first-order chi connectivity index (χ1) is 20.1. The monoisotopic (exact) mass is 712 g/mol. The van der Waals surface area contributed by atoms with Gasteiger partial charge in [0.25, 0.3) is 5.91 Å². The molecule has 5 rings (SSSR count). The Hall–Kier alpha value is -2.88. The van der Waals surface area contributed by atoms with Gasteiger partial charge in [0.05, 0.1) is 16.2 Å². The predicted octanol–water partition coefficient (Wildman–Crippen LogP) is 9.75. The highest BCUT2D eigenvalue weighted by molar-refractivity contribution is 14.1. The molecule has 0 spiro atoms. The third-order valence-electron chi connectivity index (χ3n) is 7.64. The molecule has 1 N–H and O–H groups in total. The third-order valence-corrected chi connectivity index (χ3v) is 9.98. The Balaban J connectivity index is 1.45. The highest BCUT2D eigenvalue weighted by atomic mass is 127. The average Bonchev–Trinajstić information content (AvgIpc) is 3.34. The van der Waals surface area contributed by atoms with Crippen LogP contribution in [-0.2, 0) is 19.4 Å². The lowest BCUT2D eigenvalue weighted by molar-refractivity contribution is 0.102. The van der Waals surface area contributed by atoms with Gasteiger partial charge in [-0.2, -0.15) is 0 Å². The molecular formula is C34H34ClIN2O3S. The molecule has 8 heteroatoms. The Morgan fingerprint density at radius 1 is 1.14 bits per heavy atom. The molecule has 5 nitrogen and oxygen atoms in total. The van der Waals surface area contributed by atoms with E-state index in [1.807, 2.05) is 66.7 Å². The van der Waals surface area contributed by atoms with Gasteiger partial charge in [-0.25, -0.2) is 4.99 Å². The Bertz CT molecular complexity index is 1610. The molecule has 3 aromatic carbocycles. The number of benzene rings is 3. The largest absolute Gasteiger partial charge is 0.493 e. The summed E-state index contributed by atoms with van der Waals surface area (Å²) < 4.78 is 12.7. The van der Waals surface area contributed by atoms with Crippen LogP contribution in [0.5, 0.6) is 11.5 Å². The average molecular weight is 713 g/mol. The van der Waals surface area contributed by atoms with Crippen molar-refractivity contribution < 1.29 is 14.3 Å². The lowest BCUT2D eigenvalue weighted by atomic mass is 9.72. The molecule has 1 aliphatic rings. The Morgan fingerprint density at radius 2 is 1.88 bits per heavy atom. The molecule has 1 heterocycles. The number of thiophene rings is 1. The van der Waals surface area contributed by atoms with Crippen LogP contribution in [0.2, 0.25) is 5.02 Å². The number of aliphatic imine (C=N–C) groups is 1. The number of halogens is 2. The third kappa shape index (κ3) is 7.01. The van der Waals surface area contributed by atoms with E-state index in [-0.39, 0.29) is 11.3 Å². The van der Waals surface area contributed by atoms with E-state index in [4.69, 9.17) is 26.1 Å². The number of rotatable bonds is 8. The van der Waals surface area contributed by atoms with Crippen molar-refractivity contribution in [2.24, 2.45) is 16.3 Å². The van der Waals surface area contributed by atoms with Crippen molar-refractivity contribution in [1.82, 2.24) is 0 Å². The number of hydrogen-bond acceptors (Lipinski definition) is 5. The first-order valence-electron chi connectivity index (χ1n) is 13.9. The van der Waals surface area contributed by atoms with Crippen LogP contribution in [0.1, 0.15) is 59.1 Å². The number of methoxy groups -OCH3 is 1. The molecule has 1 aliphatic carbocycles. The number of hydrogen-bond donors (Lipinski definition) is 1. The second kappa shape index (κ2) is 13.2. The summed E-state index contributed by atoms with van der Waals surface area (Å²) in [5.74, 6) is 1.71. The summed E-state index contributed by atoms with van der Waals surface area (Å²) in [5, 5.41) is 4.48. The Kier molecular flexibility index (Phi) is 9.60. The molecule has 42 heavy (non-hydrogen) atoms. The van der Waals surface area contributed by atoms with E-state index in [9.17, 15) is 4.79 Å². The zero-order valence-corrected chi connectivity index (χ0v) is 27.9. The molecule has 1 aromatic heterocycles. The van der Waals surface area contributed by atoms with Gasteiger partial charge in [-0.05, 0) is 94.6 Å². The molecule has 0 saturated carbocycles. The number of amides is 1. The lowest BCUT2D eigenvalue weighted by Gasteiger charge is -2.33. The normalized spacial score (nSPS) is 15.0. The van der Waals surface area contributed by atoms with Gasteiger partial charge in [-0.1, -0.05) is 68.8 Å². The second-order valence-corrected chi connectivity index (χ2v) is 14.1. The van der Waals surface area contributed by atoms with Gasteiger partial charge in [0.1, 0.15) is 11.6 Å². The SMILES string of the molecule is COc1cc(C=Nc2sc3c(c2C(=O)Nc2ccccc2)CC[C@@H](C(C)(C)C)C3)cc(I)c1OCc1ccccc1Cl. The molecule has 0 unspecified atom stereocenters. The summed E-state index contributed by atoms with van der Waals surface area (Å²) in [6.45, 7) is 7.23. The first-order valence-corrected chi connectivity index (χ1v) is 16.2. The van der Waals surface area contributed by atoms with Crippen molar-refractivity contribution in [3.05, 3.63) is 102 Å². The quantitative estimate of drug-likeness (QED) is 0.146. The van der Waals surface area contributed by atoms with E-state index in [1.54, 1.807) is 24.7 Å². The number of carbonyl (C=O) groups excluding carboxylic acids is 1. The van der Waals surface area contributed by atoms with Gasteiger partial charge in [-0.3, -0.25) is 4.79 Å². The summed E-state index contributed by atoms with van der Waals surface area (Å²) in [6, 6.07) is 21.1. The van der Waals surface area contributed by atoms with E-state index < -0.39 is 0 Å². The van der Waals surface area contributed by atoms with Crippen molar-refractivity contribution >= 4 is 68.3 Å². The van der Waals surface area contributed by atoms with Crippen molar-refractivity contribution in [2.75, 3.05) is 12.4 Å². The van der Waals surface area contributed by atoms with E-state index in [1.165, 1.54) is 4.88 Å². The van der Waals surface area contributed by atoms with Crippen LogP contribution in [-0.4, -0.2) is 19.2 Å². The second-order valence-electron chi connectivity index (χ2n) is 11.5. The fraction of sp³-hybridized carbons (Fsp3) is 0.294. The molecule has 0 bridgehead atoms. The van der Waals surface area contributed by atoms with Crippen molar-refractivity contribution in [3.63, 3.8) is 0 Å². The Morgan fingerprint density at radius 3 is 2.60 bits per heavy atom. The summed E-state index contributed by atoms with van der Waals surface area (Å²) in [6.07, 6.45) is 4.71. The lowest BCUT2D eigenvalue weighted by Crippen LogP contribution is -2.27. The molecule has 4 aromatic rings.